The van der Waals surface area contributed by atoms with E-state index >= 15 is 0 Å². The van der Waals surface area contributed by atoms with E-state index in [1.807, 2.05) is 6.92 Å². The number of methoxy groups -OCH3 is 2. The first kappa shape index (κ1) is 16.6. The number of rotatable bonds is 4. The molecule has 128 valence electrons. The minimum Gasteiger partial charge on any atom is -0.383 e. The summed E-state index contributed by atoms with van der Waals surface area (Å²) in [6.45, 7) is 2.88. The van der Waals surface area contributed by atoms with Gasteiger partial charge in [-0.15, -0.1) is 0 Å². The van der Waals surface area contributed by atoms with Gasteiger partial charge in [0.1, 0.15) is 36.1 Å². The number of nitrogens with zero attached hydrogens (tertiary/aromatic N) is 4. The molecule has 2 N–H and O–H groups in total. The van der Waals surface area contributed by atoms with Crippen molar-refractivity contribution in [1.29, 1.82) is 0 Å². The maximum absolute atomic E-state index is 6.03. The van der Waals surface area contributed by atoms with Crippen LogP contribution >= 0.6 is 0 Å². The largest absolute Gasteiger partial charge is 0.383 e. The van der Waals surface area contributed by atoms with Crippen LogP contribution in [-0.2, 0) is 14.2 Å². The lowest BCUT2D eigenvalue weighted by molar-refractivity contribution is -0.0296. The molecule has 3 rings (SSSR count). The van der Waals surface area contributed by atoms with Gasteiger partial charge in [0, 0.05) is 20.6 Å². The number of hydrogen-bond donors (Lipinski definition) is 1. The Kier molecular flexibility index (Phi) is 4.94. The van der Waals surface area contributed by atoms with E-state index in [2.05, 4.69) is 26.9 Å². The summed E-state index contributed by atoms with van der Waals surface area (Å²) in [7, 11) is 3.29. The predicted molar refractivity (Wildman–Crippen MR) is 88.4 cm³/mol. The highest BCUT2D eigenvalue weighted by molar-refractivity contribution is 5.90. The van der Waals surface area contributed by atoms with E-state index in [1.165, 1.54) is 6.33 Å². The monoisotopic (exact) mass is 331 g/mol. The van der Waals surface area contributed by atoms with E-state index in [4.69, 9.17) is 19.9 Å². The zero-order valence-corrected chi connectivity index (χ0v) is 14.0. The molecule has 0 spiro atoms. The molecule has 3 unspecified atom stereocenters. The molecular weight excluding hydrogens is 310 g/mol. The van der Waals surface area contributed by atoms with Crippen LogP contribution in [0.3, 0.4) is 0 Å². The summed E-state index contributed by atoms with van der Waals surface area (Å²) in [5, 5.41) is 5.29. The summed E-state index contributed by atoms with van der Waals surface area (Å²) in [5.41, 5.74) is 7.24. The van der Waals surface area contributed by atoms with Gasteiger partial charge >= 0.3 is 0 Å². The van der Waals surface area contributed by atoms with Crippen LogP contribution in [0.1, 0.15) is 25.1 Å². The van der Waals surface area contributed by atoms with Crippen LogP contribution in [0.15, 0.2) is 6.33 Å². The highest BCUT2D eigenvalue weighted by Crippen LogP contribution is 2.31. The smallest absolute Gasteiger partial charge is 0.165 e. The molecule has 3 heterocycles. The zero-order valence-electron chi connectivity index (χ0n) is 14.0. The van der Waals surface area contributed by atoms with E-state index in [0.717, 1.165) is 6.42 Å². The van der Waals surface area contributed by atoms with Crippen molar-refractivity contribution in [3.63, 3.8) is 0 Å². The summed E-state index contributed by atoms with van der Waals surface area (Å²) in [6, 6.07) is -0.135. The van der Waals surface area contributed by atoms with Crippen molar-refractivity contribution in [2.75, 3.05) is 33.2 Å². The number of fused-ring (bicyclic) bond motifs is 1. The van der Waals surface area contributed by atoms with Gasteiger partial charge < -0.3 is 19.9 Å². The lowest BCUT2D eigenvalue weighted by atomic mass is 10.1. The molecule has 1 aliphatic rings. The van der Waals surface area contributed by atoms with Crippen molar-refractivity contribution in [2.45, 2.75) is 31.6 Å². The fraction of sp³-hybridized carbons (Fsp3) is 0.562. The van der Waals surface area contributed by atoms with Crippen LogP contribution < -0.4 is 5.73 Å². The third kappa shape index (κ3) is 2.82. The standard InChI is InChI=1S/C16H21N5O3/c1-4-5-6-10-13-15(17)18-9-19-16(13)21(20-10)11-7-24-12(8-22-2)14(11)23-3/h9,11-12,14H,4,7-8H2,1-3H3,(H2,17,18,19). The van der Waals surface area contributed by atoms with Crippen LogP contribution in [0.25, 0.3) is 11.0 Å². The summed E-state index contributed by atoms with van der Waals surface area (Å²) in [5.74, 6) is 6.43. The lowest BCUT2D eigenvalue weighted by Gasteiger charge is -2.21. The van der Waals surface area contributed by atoms with Gasteiger partial charge in [-0.1, -0.05) is 12.8 Å². The molecule has 0 aliphatic carbocycles. The fourth-order valence-corrected chi connectivity index (χ4v) is 2.97. The number of aromatic nitrogens is 4. The molecular formula is C16H21N5O3. The molecule has 2 aromatic heterocycles. The molecule has 2 aromatic rings. The molecule has 0 amide bonds. The number of anilines is 1. The third-order valence-corrected chi connectivity index (χ3v) is 4.05. The molecule has 1 aliphatic heterocycles. The Labute approximate surface area is 140 Å². The van der Waals surface area contributed by atoms with Gasteiger partial charge in [-0.3, -0.25) is 0 Å². The number of hydrogen-bond acceptors (Lipinski definition) is 7. The van der Waals surface area contributed by atoms with E-state index in [1.54, 1.807) is 18.9 Å². The minimum atomic E-state index is -0.198. The molecule has 0 saturated carbocycles. The Morgan fingerprint density at radius 1 is 1.42 bits per heavy atom. The molecule has 1 fully saturated rings. The van der Waals surface area contributed by atoms with Crippen molar-refractivity contribution in [3.8, 4) is 11.8 Å². The van der Waals surface area contributed by atoms with Crippen LogP contribution in [0, 0.1) is 11.8 Å². The summed E-state index contributed by atoms with van der Waals surface area (Å²) >= 11 is 0. The molecule has 24 heavy (non-hydrogen) atoms. The van der Waals surface area contributed by atoms with Gasteiger partial charge in [0.15, 0.2) is 5.65 Å². The van der Waals surface area contributed by atoms with Crippen LogP contribution in [0.2, 0.25) is 0 Å². The van der Waals surface area contributed by atoms with Gasteiger partial charge in [0.05, 0.1) is 18.6 Å². The SMILES string of the molecule is CCC#Cc1nn(C2COC(COC)C2OC)c2ncnc(N)c12. The van der Waals surface area contributed by atoms with E-state index in [0.29, 0.717) is 35.8 Å². The second kappa shape index (κ2) is 7.13. The van der Waals surface area contributed by atoms with Gasteiger partial charge in [-0.25, -0.2) is 14.6 Å². The Bertz CT molecular complexity index is 779. The molecule has 3 atom stereocenters. The highest BCUT2D eigenvalue weighted by atomic mass is 16.6. The lowest BCUT2D eigenvalue weighted by Crippen LogP contribution is -2.33. The topological polar surface area (TPSA) is 97.3 Å². The zero-order chi connectivity index (χ0) is 17.1. The first-order valence-corrected chi connectivity index (χ1v) is 7.82. The van der Waals surface area contributed by atoms with E-state index < -0.39 is 0 Å². The molecule has 1 saturated heterocycles. The second-order valence-corrected chi connectivity index (χ2v) is 5.50. The molecule has 0 aromatic carbocycles. The van der Waals surface area contributed by atoms with Crippen LogP contribution in [-0.4, -0.2) is 59.4 Å². The van der Waals surface area contributed by atoms with Gasteiger partial charge in [-0.2, -0.15) is 5.10 Å². The van der Waals surface area contributed by atoms with Gasteiger partial charge in [0.2, 0.25) is 0 Å². The highest BCUT2D eigenvalue weighted by Gasteiger charge is 2.40. The van der Waals surface area contributed by atoms with Crippen LogP contribution in [0.4, 0.5) is 5.82 Å². The number of nitrogen functional groups attached to an aromatic ring is 1. The normalized spacial score (nSPS) is 23.4. The quantitative estimate of drug-likeness (QED) is 0.826. The molecule has 0 radical (unpaired) electrons. The minimum absolute atomic E-state index is 0.135. The first-order valence-electron chi connectivity index (χ1n) is 7.82. The Hall–Kier alpha value is -2.21. The van der Waals surface area contributed by atoms with Crippen molar-refractivity contribution in [3.05, 3.63) is 12.0 Å². The van der Waals surface area contributed by atoms with Crippen molar-refractivity contribution >= 4 is 16.9 Å². The van der Waals surface area contributed by atoms with Crippen molar-refractivity contribution in [2.24, 2.45) is 0 Å². The average Bonchev–Trinajstić information content (AvgIpc) is 3.15. The molecule has 8 heteroatoms. The average molecular weight is 331 g/mol. The van der Waals surface area contributed by atoms with Crippen molar-refractivity contribution in [1.82, 2.24) is 19.7 Å². The third-order valence-electron chi connectivity index (χ3n) is 4.05. The van der Waals surface area contributed by atoms with Gasteiger partial charge in [0.25, 0.3) is 0 Å². The van der Waals surface area contributed by atoms with Crippen LogP contribution in [0.5, 0.6) is 0 Å². The maximum atomic E-state index is 6.03. The van der Waals surface area contributed by atoms with Crippen molar-refractivity contribution < 1.29 is 14.2 Å². The second-order valence-electron chi connectivity index (χ2n) is 5.50. The number of ether oxygens (including phenoxy) is 3. The van der Waals surface area contributed by atoms with E-state index in [-0.39, 0.29) is 18.2 Å². The summed E-state index contributed by atoms with van der Waals surface area (Å²) < 4.78 is 18.4. The Balaban J connectivity index is 2.08. The van der Waals surface area contributed by atoms with E-state index in [9.17, 15) is 0 Å². The Morgan fingerprint density at radius 3 is 2.96 bits per heavy atom. The maximum Gasteiger partial charge on any atom is 0.165 e. The number of nitrogens with two attached hydrogens (primary N) is 1. The fourth-order valence-electron chi connectivity index (χ4n) is 2.97. The summed E-state index contributed by atoms with van der Waals surface area (Å²) in [4.78, 5) is 8.42. The predicted octanol–water partition coefficient (Wildman–Crippen LogP) is 0.771. The summed E-state index contributed by atoms with van der Waals surface area (Å²) in [6.07, 6.45) is 1.80. The van der Waals surface area contributed by atoms with Gasteiger partial charge in [-0.05, 0) is 5.92 Å². The Morgan fingerprint density at radius 2 is 2.25 bits per heavy atom. The molecule has 8 nitrogen and oxygen atoms in total. The molecule has 0 bridgehead atoms. The first-order chi connectivity index (χ1) is 11.7.